The minimum atomic E-state index is 0.591. The molecule has 0 aliphatic carbocycles. The fourth-order valence-corrected chi connectivity index (χ4v) is 1.12. The van der Waals surface area contributed by atoms with Gasteiger partial charge in [-0.3, -0.25) is 5.10 Å². The second-order valence-corrected chi connectivity index (χ2v) is 2.47. The van der Waals surface area contributed by atoms with Crippen LogP contribution in [0.1, 0.15) is 5.69 Å². The number of rotatable bonds is 2. The van der Waals surface area contributed by atoms with Crippen molar-refractivity contribution in [2.24, 2.45) is 5.73 Å². The Morgan fingerprint density at radius 1 is 1.33 bits per heavy atom. The molecule has 0 radical (unpaired) electrons. The largest absolute Gasteiger partial charge is 0.330 e. The van der Waals surface area contributed by atoms with Gasteiger partial charge in [0.2, 0.25) is 0 Å². The molecule has 62 valence electrons. The average molecular weight is 163 g/mol. The highest BCUT2D eigenvalue weighted by atomic mass is 15.2. The first kappa shape index (κ1) is 7.17. The van der Waals surface area contributed by atoms with Gasteiger partial charge in [-0.25, -0.2) is 9.97 Å². The third kappa shape index (κ3) is 1.04. The molecule has 5 heteroatoms. The summed E-state index contributed by atoms with van der Waals surface area (Å²) in [4.78, 5) is 8.19. The van der Waals surface area contributed by atoms with E-state index in [2.05, 4.69) is 20.2 Å². The van der Waals surface area contributed by atoms with E-state index in [1.807, 2.05) is 0 Å². The van der Waals surface area contributed by atoms with Gasteiger partial charge >= 0.3 is 0 Å². The lowest BCUT2D eigenvalue weighted by atomic mass is 10.3. The molecule has 0 saturated carbocycles. The summed E-state index contributed by atoms with van der Waals surface area (Å²) in [7, 11) is 0. The van der Waals surface area contributed by atoms with E-state index in [-0.39, 0.29) is 0 Å². The van der Waals surface area contributed by atoms with Crippen LogP contribution in [0.3, 0.4) is 0 Å². The summed E-state index contributed by atoms with van der Waals surface area (Å²) >= 11 is 0. The highest BCUT2D eigenvalue weighted by Crippen LogP contribution is 2.08. The Morgan fingerprint density at radius 2 is 2.17 bits per heavy atom. The first-order valence-corrected chi connectivity index (χ1v) is 3.76. The number of H-pyrrole nitrogens is 1. The SMILES string of the molecule is NCCc1[nH]nc2nccnc12. The van der Waals surface area contributed by atoms with Crippen LogP contribution in [0.4, 0.5) is 0 Å². The summed E-state index contributed by atoms with van der Waals surface area (Å²) in [6.45, 7) is 0.591. The highest BCUT2D eigenvalue weighted by molar-refractivity contribution is 5.71. The third-order valence-electron chi connectivity index (χ3n) is 1.66. The van der Waals surface area contributed by atoms with Crippen LogP contribution < -0.4 is 5.73 Å². The first-order valence-electron chi connectivity index (χ1n) is 3.76. The minimum absolute atomic E-state index is 0.591. The number of nitrogens with two attached hydrogens (primary N) is 1. The standard InChI is InChI=1S/C7H9N5/c8-2-1-5-6-7(12-11-5)10-4-3-9-6/h3-4H,1-2,8H2,(H,10,11,12). The van der Waals surface area contributed by atoms with E-state index in [0.29, 0.717) is 12.2 Å². The van der Waals surface area contributed by atoms with Crippen molar-refractivity contribution in [3.05, 3.63) is 18.1 Å². The van der Waals surface area contributed by atoms with Gasteiger partial charge in [0.05, 0.1) is 5.69 Å². The van der Waals surface area contributed by atoms with Crippen molar-refractivity contribution in [1.82, 2.24) is 20.2 Å². The molecule has 12 heavy (non-hydrogen) atoms. The molecule has 0 atom stereocenters. The summed E-state index contributed by atoms with van der Waals surface area (Å²) in [6, 6.07) is 0. The molecule has 2 aromatic heterocycles. The molecule has 2 aromatic rings. The van der Waals surface area contributed by atoms with Crippen molar-refractivity contribution in [2.75, 3.05) is 6.54 Å². The summed E-state index contributed by atoms with van der Waals surface area (Å²) < 4.78 is 0. The van der Waals surface area contributed by atoms with Gasteiger partial charge in [-0.15, -0.1) is 0 Å². The number of hydrogen-bond donors (Lipinski definition) is 2. The molecule has 0 aliphatic rings. The lowest BCUT2D eigenvalue weighted by molar-refractivity contribution is 0.906. The lowest BCUT2D eigenvalue weighted by Gasteiger charge is -1.91. The van der Waals surface area contributed by atoms with Gasteiger partial charge in [0.15, 0.2) is 5.65 Å². The van der Waals surface area contributed by atoms with E-state index in [9.17, 15) is 0 Å². The molecule has 0 saturated heterocycles. The van der Waals surface area contributed by atoms with Gasteiger partial charge in [-0.1, -0.05) is 0 Å². The van der Waals surface area contributed by atoms with E-state index in [0.717, 1.165) is 17.6 Å². The highest BCUT2D eigenvalue weighted by Gasteiger charge is 2.04. The summed E-state index contributed by atoms with van der Waals surface area (Å²) in [5, 5.41) is 6.84. The summed E-state index contributed by atoms with van der Waals surface area (Å²) in [5.74, 6) is 0. The molecule has 5 nitrogen and oxygen atoms in total. The normalized spacial score (nSPS) is 10.8. The first-order chi connectivity index (χ1) is 5.92. The van der Waals surface area contributed by atoms with Crippen molar-refractivity contribution in [2.45, 2.75) is 6.42 Å². The molecular weight excluding hydrogens is 154 g/mol. The molecule has 2 heterocycles. The Hall–Kier alpha value is -1.49. The Morgan fingerprint density at radius 3 is 3.00 bits per heavy atom. The number of aromatic nitrogens is 4. The molecule has 0 aromatic carbocycles. The lowest BCUT2D eigenvalue weighted by Crippen LogP contribution is -2.03. The molecule has 0 fully saturated rings. The van der Waals surface area contributed by atoms with Crippen LogP contribution in [0.5, 0.6) is 0 Å². The number of nitrogens with one attached hydrogen (secondary N) is 1. The van der Waals surface area contributed by atoms with Crippen LogP contribution in [0.25, 0.3) is 11.2 Å². The molecule has 0 amide bonds. The molecule has 2 rings (SSSR count). The van der Waals surface area contributed by atoms with Gasteiger partial charge in [0, 0.05) is 18.8 Å². The maximum atomic E-state index is 5.41. The number of fused-ring (bicyclic) bond motifs is 1. The monoisotopic (exact) mass is 163 g/mol. The number of nitrogens with zero attached hydrogens (tertiary/aromatic N) is 3. The van der Waals surface area contributed by atoms with Crippen LogP contribution in [0.2, 0.25) is 0 Å². The molecule has 0 aliphatic heterocycles. The molecule has 0 bridgehead atoms. The van der Waals surface area contributed by atoms with Gasteiger partial charge in [0.25, 0.3) is 0 Å². The van der Waals surface area contributed by atoms with Crippen LogP contribution in [0, 0.1) is 0 Å². The zero-order valence-electron chi connectivity index (χ0n) is 6.49. The Labute approximate surface area is 69.0 Å². The maximum Gasteiger partial charge on any atom is 0.199 e. The molecule has 0 unspecified atom stereocenters. The smallest absolute Gasteiger partial charge is 0.199 e. The van der Waals surface area contributed by atoms with E-state index in [1.165, 1.54) is 0 Å². The maximum absolute atomic E-state index is 5.41. The predicted octanol–water partition coefficient (Wildman–Crippen LogP) is -0.146. The van der Waals surface area contributed by atoms with Crippen LogP contribution in [-0.2, 0) is 6.42 Å². The van der Waals surface area contributed by atoms with E-state index < -0.39 is 0 Å². The fourth-order valence-electron chi connectivity index (χ4n) is 1.12. The third-order valence-corrected chi connectivity index (χ3v) is 1.66. The minimum Gasteiger partial charge on any atom is -0.330 e. The fraction of sp³-hybridized carbons (Fsp3) is 0.286. The van der Waals surface area contributed by atoms with Crippen molar-refractivity contribution >= 4 is 11.2 Å². The Balaban J connectivity index is 2.55. The Bertz CT molecular complexity index is 380. The predicted molar refractivity (Wildman–Crippen MR) is 44.4 cm³/mol. The number of hydrogen-bond acceptors (Lipinski definition) is 4. The average Bonchev–Trinajstić information content (AvgIpc) is 2.50. The van der Waals surface area contributed by atoms with Gasteiger partial charge < -0.3 is 5.73 Å². The Kier molecular flexibility index (Phi) is 1.71. The molecule has 0 spiro atoms. The van der Waals surface area contributed by atoms with Gasteiger partial charge in [0.1, 0.15) is 5.52 Å². The second kappa shape index (κ2) is 2.86. The van der Waals surface area contributed by atoms with Crippen molar-refractivity contribution in [3.8, 4) is 0 Å². The summed E-state index contributed by atoms with van der Waals surface area (Å²) in [5.41, 5.74) is 7.85. The topological polar surface area (TPSA) is 80.5 Å². The zero-order chi connectivity index (χ0) is 8.39. The van der Waals surface area contributed by atoms with Gasteiger partial charge in [-0.05, 0) is 6.54 Å². The zero-order valence-corrected chi connectivity index (χ0v) is 6.49. The van der Waals surface area contributed by atoms with Crippen LogP contribution in [0.15, 0.2) is 12.4 Å². The van der Waals surface area contributed by atoms with Gasteiger partial charge in [-0.2, -0.15) is 5.10 Å². The number of aromatic amines is 1. The van der Waals surface area contributed by atoms with Crippen LogP contribution >= 0.6 is 0 Å². The van der Waals surface area contributed by atoms with E-state index in [1.54, 1.807) is 12.4 Å². The second-order valence-electron chi connectivity index (χ2n) is 2.47. The van der Waals surface area contributed by atoms with Crippen molar-refractivity contribution < 1.29 is 0 Å². The van der Waals surface area contributed by atoms with Crippen molar-refractivity contribution in [1.29, 1.82) is 0 Å². The molecular formula is C7H9N5. The summed E-state index contributed by atoms with van der Waals surface area (Å²) in [6.07, 6.45) is 4.03. The van der Waals surface area contributed by atoms with Crippen molar-refractivity contribution in [3.63, 3.8) is 0 Å². The quantitative estimate of drug-likeness (QED) is 0.645. The molecule has 3 N–H and O–H groups in total. The van der Waals surface area contributed by atoms with E-state index in [4.69, 9.17) is 5.73 Å². The van der Waals surface area contributed by atoms with Crippen LogP contribution in [-0.4, -0.2) is 26.7 Å². The van der Waals surface area contributed by atoms with E-state index >= 15 is 0 Å².